The highest BCUT2D eigenvalue weighted by Gasteiger charge is 2.50. The van der Waals surface area contributed by atoms with E-state index in [0.717, 1.165) is 28.1 Å². The minimum absolute atomic E-state index is 0.343. The molecule has 0 aliphatic heterocycles. The minimum Gasteiger partial charge on any atom is -0.248 e. The molecule has 0 fully saturated rings. The molecule has 0 saturated carbocycles. The highest BCUT2D eigenvalue weighted by Crippen LogP contribution is 2.62. The van der Waals surface area contributed by atoms with E-state index in [1.807, 2.05) is 0 Å². The fourth-order valence-electron chi connectivity index (χ4n) is 9.06. The summed E-state index contributed by atoms with van der Waals surface area (Å²) in [6.07, 6.45) is 0. The third-order valence-electron chi connectivity index (χ3n) is 11.2. The van der Waals surface area contributed by atoms with Gasteiger partial charge in [-0.15, -0.1) is 0 Å². The van der Waals surface area contributed by atoms with Gasteiger partial charge in [-0.2, -0.15) is 0 Å². The largest absolute Gasteiger partial charge is 0.248 e. The maximum absolute atomic E-state index is 5.23. The van der Waals surface area contributed by atoms with Crippen LogP contribution in [-0.2, 0) is 5.41 Å². The van der Waals surface area contributed by atoms with Crippen molar-refractivity contribution in [3.63, 3.8) is 0 Å². The van der Waals surface area contributed by atoms with Crippen LogP contribution in [0.4, 0.5) is 0 Å². The lowest BCUT2D eigenvalue weighted by Gasteiger charge is -2.30. The van der Waals surface area contributed by atoms with Crippen LogP contribution < -0.4 is 0 Å². The molecular weight excluding hydrogens is 615 g/mol. The fourth-order valence-corrected chi connectivity index (χ4v) is 9.06. The molecule has 0 bridgehead atoms. The number of pyridine rings is 1. The molecule has 0 atom stereocenters. The van der Waals surface area contributed by atoms with Gasteiger partial charge in [-0.25, -0.2) is 4.98 Å². The third kappa shape index (κ3) is 4.00. The zero-order chi connectivity index (χ0) is 33.5. The van der Waals surface area contributed by atoms with E-state index in [2.05, 4.69) is 188 Å². The molecule has 0 saturated heterocycles. The van der Waals surface area contributed by atoms with Gasteiger partial charge in [0.1, 0.15) is 0 Å². The number of benzene rings is 8. The fraction of sp³-hybridized carbons (Fsp3) is 0.0200. The van der Waals surface area contributed by atoms with Crippen molar-refractivity contribution in [1.29, 1.82) is 0 Å². The lowest BCUT2D eigenvalue weighted by Crippen LogP contribution is -2.26. The van der Waals surface area contributed by atoms with E-state index in [4.69, 9.17) is 4.98 Å². The summed E-state index contributed by atoms with van der Waals surface area (Å²) in [6, 6.07) is 68.9. The van der Waals surface area contributed by atoms with Gasteiger partial charge in [0.05, 0.1) is 16.8 Å². The first kappa shape index (κ1) is 28.3. The second kappa shape index (κ2) is 10.7. The van der Waals surface area contributed by atoms with Gasteiger partial charge in [-0.05, 0) is 101 Å². The van der Waals surface area contributed by atoms with Crippen LogP contribution in [0, 0.1) is 0 Å². The molecule has 0 N–H and O–H groups in total. The maximum atomic E-state index is 5.23. The summed E-state index contributed by atoms with van der Waals surface area (Å²) < 4.78 is 0. The van der Waals surface area contributed by atoms with E-state index in [1.165, 1.54) is 71.6 Å². The number of fused-ring (bicyclic) bond motifs is 7. The summed E-state index contributed by atoms with van der Waals surface area (Å²) in [5, 5.41) is 5.41. The second-order valence-corrected chi connectivity index (χ2v) is 13.9. The molecule has 1 heterocycles. The van der Waals surface area contributed by atoms with Crippen LogP contribution >= 0.6 is 0 Å². The first-order valence-corrected chi connectivity index (χ1v) is 17.7. The predicted molar refractivity (Wildman–Crippen MR) is 212 cm³/mol. The second-order valence-electron chi connectivity index (χ2n) is 13.9. The lowest BCUT2D eigenvalue weighted by molar-refractivity contribution is 0.797. The summed E-state index contributed by atoms with van der Waals surface area (Å²) in [5.41, 5.74) is 16.7. The molecule has 0 radical (unpaired) electrons. The normalized spacial score (nSPS) is 13.3. The first-order chi connectivity index (χ1) is 25.3. The van der Waals surface area contributed by atoms with E-state index in [9.17, 15) is 0 Å². The Morgan fingerprint density at radius 2 is 0.824 bits per heavy atom. The molecule has 1 nitrogen and oxygen atoms in total. The molecule has 9 aromatic rings. The number of nitrogens with zero attached hydrogens (tertiary/aromatic N) is 1. The van der Waals surface area contributed by atoms with Crippen molar-refractivity contribution in [3.8, 4) is 55.9 Å². The number of hydrogen-bond donors (Lipinski definition) is 0. The van der Waals surface area contributed by atoms with Gasteiger partial charge >= 0.3 is 0 Å². The van der Waals surface area contributed by atoms with Gasteiger partial charge in [0.15, 0.2) is 0 Å². The Labute approximate surface area is 297 Å². The standard InChI is InChI=1S/C50H31N/c1-3-12-32(13-4-1)39-30-46(33-14-5-2-6-15-33)51-47(31-39)38-19-9-18-36(28-38)37-26-27-43-41(29-37)40-20-7-8-21-42(40)50(43)44-22-10-16-34-24-25-35-17-11-23-45(50)49(35)48(34)44/h1-31H. The van der Waals surface area contributed by atoms with Crippen molar-refractivity contribution in [2.75, 3.05) is 0 Å². The molecule has 51 heavy (non-hydrogen) atoms. The Kier molecular flexibility index (Phi) is 5.94. The van der Waals surface area contributed by atoms with Crippen molar-refractivity contribution < 1.29 is 0 Å². The molecule has 2 aliphatic carbocycles. The summed E-state index contributed by atoms with van der Waals surface area (Å²) in [4.78, 5) is 5.23. The molecule has 1 aromatic heterocycles. The van der Waals surface area contributed by atoms with Gasteiger partial charge in [0.25, 0.3) is 0 Å². The Balaban J connectivity index is 1.08. The first-order valence-electron chi connectivity index (χ1n) is 17.7. The van der Waals surface area contributed by atoms with Crippen molar-refractivity contribution in [2.24, 2.45) is 0 Å². The van der Waals surface area contributed by atoms with Crippen molar-refractivity contribution in [1.82, 2.24) is 4.98 Å². The van der Waals surface area contributed by atoms with E-state index < -0.39 is 0 Å². The van der Waals surface area contributed by atoms with Crippen LogP contribution in [0.25, 0.3) is 77.4 Å². The Morgan fingerprint density at radius 1 is 0.294 bits per heavy atom. The van der Waals surface area contributed by atoms with Gasteiger partial charge in [0, 0.05) is 11.1 Å². The monoisotopic (exact) mass is 645 g/mol. The molecule has 1 heteroatoms. The Hall–Kier alpha value is -6.57. The number of aromatic nitrogens is 1. The molecule has 1 spiro atoms. The van der Waals surface area contributed by atoms with E-state index >= 15 is 0 Å². The van der Waals surface area contributed by atoms with E-state index in [-0.39, 0.29) is 5.41 Å². The van der Waals surface area contributed by atoms with Crippen LogP contribution in [0.1, 0.15) is 22.3 Å². The average Bonchev–Trinajstić information content (AvgIpc) is 3.68. The summed E-state index contributed by atoms with van der Waals surface area (Å²) in [5.74, 6) is 0. The van der Waals surface area contributed by atoms with Crippen LogP contribution in [0.15, 0.2) is 188 Å². The maximum Gasteiger partial charge on any atom is 0.0725 e. The zero-order valence-electron chi connectivity index (χ0n) is 27.8. The van der Waals surface area contributed by atoms with Gasteiger partial charge < -0.3 is 0 Å². The molecule has 0 unspecified atom stereocenters. The molecule has 0 amide bonds. The van der Waals surface area contributed by atoms with Gasteiger partial charge in [0.2, 0.25) is 0 Å². The van der Waals surface area contributed by atoms with Crippen molar-refractivity contribution in [2.45, 2.75) is 5.41 Å². The quantitative estimate of drug-likeness (QED) is 0.174. The van der Waals surface area contributed by atoms with Crippen LogP contribution in [0.2, 0.25) is 0 Å². The number of hydrogen-bond acceptors (Lipinski definition) is 1. The molecule has 8 aromatic carbocycles. The predicted octanol–water partition coefficient (Wildman–Crippen LogP) is 12.7. The highest BCUT2D eigenvalue weighted by atomic mass is 14.7. The SMILES string of the molecule is c1ccc(-c2cc(-c3ccccc3)nc(-c3cccc(-c4ccc5c(c4)-c4ccccc4C54c5cccc6ccc7cccc4c7c56)c3)c2)cc1. The summed E-state index contributed by atoms with van der Waals surface area (Å²) in [7, 11) is 0. The summed E-state index contributed by atoms with van der Waals surface area (Å²) >= 11 is 0. The van der Waals surface area contributed by atoms with Gasteiger partial charge in [-0.3, -0.25) is 0 Å². The lowest BCUT2D eigenvalue weighted by atomic mass is 9.70. The van der Waals surface area contributed by atoms with Crippen LogP contribution in [0.5, 0.6) is 0 Å². The van der Waals surface area contributed by atoms with Crippen LogP contribution in [-0.4, -0.2) is 4.98 Å². The zero-order valence-corrected chi connectivity index (χ0v) is 27.8. The molecule has 2 aliphatic rings. The Morgan fingerprint density at radius 3 is 1.55 bits per heavy atom. The van der Waals surface area contributed by atoms with Gasteiger partial charge in [-0.1, -0.05) is 164 Å². The Bertz CT molecular complexity index is 2730. The highest BCUT2D eigenvalue weighted by molar-refractivity contribution is 6.17. The van der Waals surface area contributed by atoms with E-state index in [1.54, 1.807) is 0 Å². The topological polar surface area (TPSA) is 12.9 Å². The van der Waals surface area contributed by atoms with Crippen LogP contribution in [0.3, 0.4) is 0 Å². The van der Waals surface area contributed by atoms with Crippen molar-refractivity contribution >= 4 is 21.5 Å². The molecular formula is C50H31N. The average molecular weight is 646 g/mol. The van der Waals surface area contributed by atoms with Crippen molar-refractivity contribution in [3.05, 3.63) is 210 Å². The smallest absolute Gasteiger partial charge is 0.0725 e. The van der Waals surface area contributed by atoms with E-state index in [0.29, 0.717) is 0 Å². The third-order valence-corrected chi connectivity index (χ3v) is 11.2. The molecule has 11 rings (SSSR count). The minimum atomic E-state index is -0.343. The number of rotatable bonds is 4. The summed E-state index contributed by atoms with van der Waals surface area (Å²) in [6.45, 7) is 0. The molecule has 236 valence electrons.